The first kappa shape index (κ1) is 16.0. The molecule has 0 bridgehead atoms. The third-order valence-corrected chi connectivity index (χ3v) is 4.63. The lowest BCUT2D eigenvalue weighted by Gasteiger charge is -2.15. The van der Waals surface area contributed by atoms with Gasteiger partial charge in [0, 0.05) is 34.6 Å². The molecule has 0 radical (unpaired) electrons. The van der Waals surface area contributed by atoms with Gasteiger partial charge in [0.2, 0.25) is 0 Å². The molecule has 0 fully saturated rings. The van der Waals surface area contributed by atoms with Gasteiger partial charge in [-0.25, -0.2) is 13.8 Å². The zero-order valence-electron chi connectivity index (χ0n) is 12.7. The fourth-order valence-corrected chi connectivity index (χ4v) is 2.94. The van der Waals surface area contributed by atoms with Crippen LogP contribution >= 0.6 is 11.3 Å². The molecule has 0 saturated heterocycles. The van der Waals surface area contributed by atoms with E-state index in [1.807, 2.05) is 6.20 Å². The van der Waals surface area contributed by atoms with Crippen LogP contribution in [-0.2, 0) is 12.0 Å². The van der Waals surface area contributed by atoms with Gasteiger partial charge < -0.3 is 5.32 Å². The van der Waals surface area contributed by atoms with Crippen molar-refractivity contribution in [2.75, 3.05) is 0 Å². The zero-order valence-corrected chi connectivity index (χ0v) is 13.5. The summed E-state index contributed by atoms with van der Waals surface area (Å²) in [6.45, 7) is 8.64. The van der Waals surface area contributed by atoms with Gasteiger partial charge >= 0.3 is 0 Å². The number of nitrogens with zero attached hydrogens (tertiary/aromatic N) is 1. The molecule has 0 amide bonds. The van der Waals surface area contributed by atoms with Gasteiger partial charge in [0.05, 0.1) is 5.01 Å². The van der Waals surface area contributed by atoms with Crippen LogP contribution in [0.1, 0.15) is 49.2 Å². The highest BCUT2D eigenvalue weighted by Gasteiger charge is 2.19. The van der Waals surface area contributed by atoms with Crippen LogP contribution in [0.25, 0.3) is 0 Å². The van der Waals surface area contributed by atoms with E-state index in [1.54, 1.807) is 18.3 Å². The smallest absolute Gasteiger partial charge is 0.130 e. The van der Waals surface area contributed by atoms with E-state index in [1.165, 1.54) is 18.2 Å². The average Bonchev–Trinajstić information content (AvgIpc) is 2.84. The van der Waals surface area contributed by atoms with E-state index in [0.29, 0.717) is 6.54 Å². The highest BCUT2D eigenvalue weighted by Crippen LogP contribution is 2.27. The van der Waals surface area contributed by atoms with E-state index in [2.05, 4.69) is 31.1 Å². The quantitative estimate of drug-likeness (QED) is 0.895. The third kappa shape index (κ3) is 3.86. The lowest BCUT2D eigenvalue weighted by Crippen LogP contribution is -2.19. The van der Waals surface area contributed by atoms with E-state index in [-0.39, 0.29) is 11.0 Å². The molecule has 1 unspecified atom stereocenters. The van der Waals surface area contributed by atoms with Crippen LogP contribution in [0.4, 0.5) is 8.78 Å². The minimum atomic E-state index is -0.519. The molecule has 0 aliphatic rings. The SMILES string of the molecule is CC(NCc1cnc(C(C)(C)C)s1)c1c(F)cccc1F. The maximum atomic E-state index is 13.7. The Kier molecular flexibility index (Phi) is 4.74. The molecule has 5 heteroatoms. The molecule has 1 aromatic carbocycles. The second kappa shape index (κ2) is 6.20. The summed E-state index contributed by atoms with van der Waals surface area (Å²) in [5.74, 6) is -1.04. The Morgan fingerprint density at radius 1 is 1.24 bits per heavy atom. The van der Waals surface area contributed by atoms with Gasteiger partial charge in [0.25, 0.3) is 0 Å². The van der Waals surface area contributed by atoms with E-state index in [4.69, 9.17) is 0 Å². The molecule has 2 nitrogen and oxygen atoms in total. The molecule has 0 saturated carbocycles. The Balaban J connectivity index is 2.05. The van der Waals surface area contributed by atoms with E-state index in [9.17, 15) is 8.78 Å². The molecule has 1 N–H and O–H groups in total. The summed E-state index contributed by atoms with van der Waals surface area (Å²) in [6.07, 6.45) is 1.82. The first-order chi connectivity index (χ1) is 9.79. The molecule has 1 aromatic heterocycles. The van der Waals surface area contributed by atoms with Gasteiger partial charge in [-0.1, -0.05) is 26.8 Å². The van der Waals surface area contributed by atoms with Crippen LogP contribution in [0, 0.1) is 11.6 Å². The Hall–Kier alpha value is -1.33. The summed E-state index contributed by atoms with van der Waals surface area (Å²) in [5, 5.41) is 4.21. The molecule has 1 atom stereocenters. The lowest BCUT2D eigenvalue weighted by molar-refractivity contribution is 0.489. The lowest BCUT2D eigenvalue weighted by atomic mass is 9.98. The van der Waals surface area contributed by atoms with Crippen molar-refractivity contribution in [3.05, 3.63) is 51.5 Å². The van der Waals surface area contributed by atoms with Crippen molar-refractivity contribution in [2.24, 2.45) is 0 Å². The minimum Gasteiger partial charge on any atom is -0.305 e. The number of benzene rings is 1. The molecule has 0 aliphatic heterocycles. The number of halogens is 2. The van der Waals surface area contributed by atoms with Crippen molar-refractivity contribution in [1.29, 1.82) is 0 Å². The fourth-order valence-electron chi connectivity index (χ4n) is 2.02. The number of hydrogen-bond acceptors (Lipinski definition) is 3. The summed E-state index contributed by atoms with van der Waals surface area (Å²) >= 11 is 1.62. The maximum Gasteiger partial charge on any atom is 0.130 e. The van der Waals surface area contributed by atoms with Crippen LogP contribution in [0.2, 0.25) is 0 Å². The monoisotopic (exact) mass is 310 g/mol. The Bertz CT molecular complexity index is 597. The first-order valence-corrected chi connectivity index (χ1v) is 7.73. The summed E-state index contributed by atoms with van der Waals surface area (Å²) < 4.78 is 27.4. The normalized spacial score (nSPS) is 13.4. The first-order valence-electron chi connectivity index (χ1n) is 6.91. The molecule has 21 heavy (non-hydrogen) atoms. The molecule has 1 heterocycles. The molecule has 0 spiro atoms. The van der Waals surface area contributed by atoms with E-state index >= 15 is 0 Å². The van der Waals surface area contributed by atoms with Crippen LogP contribution in [0.15, 0.2) is 24.4 Å². The predicted octanol–water partition coefficient (Wildman–Crippen LogP) is 4.57. The summed E-state index contributed by atoms with van der Waals surface area (Å²) in [7, 11) is 0. The molecule has 114 valence electrons. The van der Waals surface area contributed by atoms with Crippen molar-refractivity contribution >= 4 is 11.3 Å². The fraction of sp³-hybridized carbons (Fsp3) is 0.438. The van der Waals surface area contributed by atoms with Gasteiger partial charge in [0.1, 0.15) is 11.6 Å². The predicted molar refractivity (Wildman–Crippen MR) is 82.4 cm³/mol. The largest absolute Gasteiger partial charge is 0.305 e. The molecule has 2 rings (SSSR count). The second-order valence-corrected chi connectivity index (χ2v) is 7.23. The Morgan fingerprint density at radius 3 is 2.38 bits per heavy atom. The van der Waals surface area contributed by atoms with Gasteiger partial charge in [-0.3, -0.25) is 0 Å². The van der Waals surface area contributed by atoms with Crippen LogP contribution in [-0.4, -0.2) is 4.98 Å². The van der Waals surface area contributed by atoms with E-state index in [0.717, 1.165) is 9.88 Å². The molecular formula is C16H20F2N2S. The number of hydrogen-bond donors (Lipinski definition) is 1. The second-order valence-electron chi connectivity index (χ2n) is 6.12. The number of nitrogens with one attached hydrogen (secondary N) is 1. The molecule has 2 aromatic rings. The van der Waals surface area contributed by atoms with Crippen molar-refractivity contribution in [3.8, 4) is 0 Å². The van der Waals surface area contributed by atoms with E-state index < -0.39 is 17.7 Å². The number of thiazole rings is 1. The van der Waals surface area contributed by atoms with Gasteiger partial charge in [-0.05, 0) is 19.1 Å². The number of aromatic nitrogens is 1. The standard InChI is InChI=1S/C16H20F2N2S/c1-10(14-12(17)6-5-7-13(14)18)19-8-11-9-20-15(21-11)16(2,3)4/h5-7,9-10,19H,8H2,1-4H3. The Labute approximate surface area is 128 Å². The summed E-state index contributed by atoms with van der Waals surface area (Å²) in [4.78, 5) is 5.46. The molecule has 0 aliphatic carbocycles. The third-order valence-electron chi connectivity index (χ3n) is 3.21. The highest BCUT2D eigenvalue weighted by atomic mass is 32.1. The van der Waals surface area contributed by atoms with Crippen molar-refractivity contribution in [3.63, 3.8) is 0 Å². The van der Waals surface area contributed by atoms with Gasteiger partial charge in [-0.2, -0.15) is 0 Å². The average molecular weight is 310 g/mol. The number of rotatable bonds is 4. The van der Waals surface area contributed by atoms with Crippen LogP contribution in [0.3, 0.4) is 0 Å². The van der Waals surface area contributed by atoms with Gasteiger partial charge in [-0.15, -0.1) is 11.3 Å². The van der Waals surface area contributed by atoms with Gasteiger partial charge in [0.15, 0.2) is 0 Å². The van der Waals surface area contributed by atoms with Crippen molar-refractivity contribution in [2.45, 2.75) is 45.7 Å². The molecular weight excluding hydrogens is 290 g/mol. The zero-order chi connectivity index (χ0) is 15.6. The van der Waals surface area contributed by atoms with Crippen LogP contribution in [0.5, 0.6) is 0 Å². The topological polar surface area (TPSA) is 24.9 Å². The maximum absolute atomic E-state index is 13.7. The summed E-state index contributed by atoms with van der Waals surface area (Å²) in [5.41, 5.74) is 0.102. The van der Waals surface area contributed by atoms with Crippen molar-refractivity contribution < 1.29 is 8.78 Å². The minimum absolute atomic E-state index is 0.0200. The van der Waals surface area contributed by atoms with Crippen LogP contribution < -0.4 is 5.32 Å². The highest BCUT2D eigenvalue weighted by molar-refractivity contribution is 7.11. The van der Waals surface area contributed by atoms with Crippen molar-refractivity contribution in [1.82, 2.24) is 10.3 Å². The Morgan fingerprint density at radius 2 is 1.86 bits per heavy atom. The summed E-state index contributed by atoms with van der Waals surface area (Å²) in [6, 6.07) is 3.54.